The predicted molar refractivity (Wildman–Crippen MR) is 132 cm³/mol. The first-order chi connectivity index (χ1) is 20.5. The lowest BCUT2D eigenvalue weighted by Crippen LogP contribution is -2.62. The van der Waals surface area contributed by atoms with Gasteiger partial charge in [0.05, 0.1) is 19.8 Å². The van der Waals surface area contributed by atoms with Crippen LogP contribution in [-0.4, -0.2) is 180 Å². The summed E-state index contributed by atoms with van der Waals surface area (Å²) in [5, 5.41) is 110. The molecule has 254 valence electrons. The van der Waals surface area contributed by atoms with E-state index in [1.54, 1.807) is 0 Å². The number of carbonyl (C=O) groups is 3. The van der Waals surface area contributed by atoms with E-state index in [9.17, 15) is 70.6 Å². The summed E-state index contributed by atoms with van der Waals surface area (Å²) in [6, 6.07) is 0. The molecular weight excluding hydrogens is 610 g/mol. The molecule has 2 saturated heterocycles. The number of rotatable bonds is 13. The molecule has 0 bridgehead atoms. The summed E-state index contributed by atoms with van der Waals surface area (Å²) >= 11 is 0. The van der Waals surface area contributed by atoms with Crippen molar-refractivity contribution in [2.75, 3.05) is 19.8 Å². The van der Waals surface area contributed by atoms with Crippen LogP contribution in [0.25, 0.3) is 0 Å². The molecule has 21 nitrogen and oxygen atoms in total. The second-order valence-electron chi connectivity index (χ2n) is 9.87. The van der Waals surface area contributed by atoms with Crippen molar-refractivity contribution in [2.45, 2.75) is 92.8 Å². The smallest absolute Gasteiger partial charge is 0.394 e. The van der Waals surface area contributed by atoms with Crippen LogP contribution in [0.5, 0.6) is 0 Å². The van der Waals surface area contributed by atoms with Crippen molar-refractivity contribution in [2.24, 2.45) is 5.73 Å². The van der Waals surface area contributed by atoms with E-state index in [1.807, 2.05) is 0 Å². The van der Waals surface area contributed by atoms with E-state index in [-0.39, 0.29) is 0 Å². The van der Waals surface area contributed by atoms with E-state index in [1.165, 1.54) is 0 Å². The van der Waals surface area contributed by atoms with Gasteiger partial charge in [-0.05, 0) is 13.0 Å². The summed E-state index contributed by atoms with van der Waals surface area (Å²) in [6.07, 6.45) is -27.3. The largest absolute Gasteiger partial charge is 0.447 e. The summed E-state index contributed by atoms with van der Waals surface area (Å²) < 4.78 is 20.9. The molecule has 2 rings (SSSR count). The molecule has 0 aliphatic carbocycles. The highest BCUT2D eigenvalue weighted by Crippen LogP contribution is 2.26. The number of ketones is 1. The van der Waals surface area contributed by atoms with Crippen LogP contribution in [0.4, 0.5) is 4.79 Å². The number of aliphatic hydroxyl groups is 11. The molecule has 0 radical (unpaired) electrons. The van der Waals surface area contributed by atoms with Gasteiger partial charge in [-0.1, -0.05) is 0 Å². The van der Waals surface area contributed by atoms with Crippen molar-refractivity contribution >= 4 is 17.8 Å². The van der Waals surface area contributed by atoms with E-state index in [0.717, 1.165) is 6.92 Å². The summed E-state index contributed by atoms with van der Waals surface area (Å²) in [5.74, 6) is -2.70. The molecule has 21 heteroatoms. The summed E-state index contributed by atoms with van der Waals surface area (Å²) in [6.45, 7) is -1.39. The fourth-order valence-corrected chi connectivity index (χ4v) is 3.96. The van der Waals surface area contributed by atoms with Gasteiger partial charge < -0.3 is 80.9 Å². The second-order valence-corrected chi connectivity index (χ2v) is 9.87. The highest BCUT2D eigenvalue weighted by Gasteiger charge is 2.48. The highest BCUT2D eigenvalue weighted by atomic mass is 17.2. The van der Waals surface area contributed by atoms with E-state index >= 15 is 0 Å². The quantitative estimate of drug-likeness (QED) is 0.0501. The molecular formula is C23H37NO20. The molecule has 2 aliphatic rings. The minimum absolute atomic E-state index is 0.474. The number of hydrogen-bond donors (Lipinski definition) is 12. The molecule has 2 aliphatic heterocycles. The molecule has 0 aromatic rings. The number of nitrogens with two attached hydrogens (primary N) is 1. The van der Waals surface area contributed by atoms with Crippen LogP contribution in [-0.2, 0) is 38.3 Å². The lowest BCUT2D eigenvalue weighted by molar-refractivity contribution is -0.333. The second kappa shape index (κ2) is 16.7. The molecule has 0 aromatic heterocycles. The average molecular weight is 648 g/mol. The number of hydrogen-bond acceptors (Lipinski definition) is 20. The van der Waals surface area contributed by atoms with E-state index in [4.69, 9.17) is 18.9 Å². The average Bonchev–Trinajstić information content (AvgIpc) is 2.99. The molecule has 0 aromatic carbocycles. The number of ether oxygens (including phenoxy) is 4. The lowest BCUT2D eigenvalue weighted by Gasteiger charge is -2.42. The molecule has 1 amide bonds. The number of primary amides is 1. The van der Waals surface area contributed by atoms with Gasteiger partial charge in [-0.2, -0.15) is 0 Å². The topological polar surface area (TPSA) is 355 Å². The van der Waals surface area contributed by atoms with E-state index < -0.39 is 129 Å². The Labute approximate surface area is 247 Å². The summed E-state index contributed by atoms with van der Waals surface area (Å²) in [4.78, 5) is 42.0. The van der Waals surface area contributed by atoms with Gasteiger partial charge in [0.15, 0.2) is 18.4 Å². The zero-order chi connectivity index (χ0) is 33.5. The minimum Gasteiger partial charge on any atom is -0.394 e. The molecule has 2 fully saturated rings. The first-order valence-electron chi connectivity index (χ1n) is 12.9. The van der Waals surface area contributed by atoms with Crippen LogP contribution in [0.1, 0.15) is 6.92 Å². The van der Waals surface area contributed by atoms with Gasteiger partial charge in [0, 0.05) is 5.57 Å². The van der Waals surface area contributed by atoms with Gasteiger partial charge in [0.1, 0.15) is 73.2 Å². The standard InChI is InChI=1S/C23H37NO20/c1-6(20(37)43-44-23(24)38)2-7(26)11(28)15(32)12(29)8(27)4-39-21-19(36)17(34)14(31)10(42-21)5-40-22-18(35)16(33)13(30)9(3-25)41-22/h2,8-19,21-22,25,27-36H,3-5H2,1H3,(H2,24,38)/b6-2+/t8-,9-,10-,11+,12-,13-,14-,15-,16+,17+,18-,19-,21+,22+/m1/s1. The Bertz CT molecular complexity index is 995. The maximum absolute atomic E-state index is 12.2. The maximum Gasteiger partial charge on any atom is 0.447 e. The Balaban J connectivity index is 1.95. The van der Waals surface area contributed by atoms with Crippen molar-refractivity contribution in [3.05, 3.63) is 11.6 Å². The van der Waals surface area contributed by atoms with E-state index in [2.05, 4.69) is 15.5 Å². The van der Waals surface area contributed by atoms with Crippen LogP contribution in [0, 0.1) is 0 Å². The Morgan fingerprint density at radius 3 is 1.84 bits per heavy atom. The van der Waals surface area contributed by atoms with E-state index in [0.29, 0.717) is 6.08 Å². The van der Waals surface area contributed by atoms with Gasteiger partial charge in [-0.3, -0.25) is 4.79 Å². The van der Waals surface area contributed by atoms with Crippen molar-refractivity contribution < 1.29 is 99.3 Å². The molecule has 44 heavy (non-hydrogen) atoms. The third-order valence-electron chi connectivity index (χ3n) is 6.61. The van der Waals surface area contributed by atoms with Gasteiger partial charge >= 0.3 is 12.1 Å². The van der Waals surface area contributed by atoms with Gasteiger partial charge in [-0.15, -0.1) is 0 Å². The first kappa shape index (κ1) is 37.7. The monoisotopic (exact) mass is 647 g/mol. The number of aliphatic hydroxyl groups excluding tert-OH is 11. The van der Waals surface area contributed by atoms with Crippen LogP contribution in [0.3, 0.4) is 0 Å². The van der Waals surface area contributed by atoms with Crippen molar-refractivity contribution in [3.63, 3.8) is 0 Å². The van der Waals surface area contributed by atoms with Crippen LogP contribution >= 0.6 is 0 Å². The zero-order valence-electron chi connectivity index (χ0n) is 23.0. The van der Waals surface area contributed by atoms with Gasteiger partial charge in [0.2, 0.25) is 0 Å². The zero-order valence-corrected chi connectivity index (χ0v) is 23.0. The molecule has 0 spiro atoms. The van der Waals surface area contributed by atoms with Gasteiger partial charge in [-0.25, -0.2) is 19.4 Å². The Kier molecular flexibility index (Phi) is 14.4. The maximum atomic E-state index is 12.2. The van der Waals surface area contributed by atoms with Crippen molar-refractivity contribution in [1.29, 1.82) is 0 Å². The fraction of sp³-hybridized carbons (Fsp3) is 0.783. The van der Waals surface area contributed by atoms with Crippen LogP contribution < -0.4 is 5.73 Å². The predicted octanol–water partition coefficient (Wildman–Crippen LogP) is -7.86. The Morgan fingerprint density at radius 2 is 1.30 bits per heavy atom. The number of amides is 1. The van der Waals surface area contributed by atoms with Crippen molar-refractivity contribution in [3.8, 4) is 0 Å². The fourth-order valence-electron chi connectivity index (χ4n) is 3.96. The first-order valence-corrected chi connectivity index (χ1v) is 12.9. The third-order valence-corrected chi connectivity index (χ3v) is 6.61. The van der Waals surface area contributed by atoms with Crippen LogP contribution in [0.2, 0.25) is 0 Å². The minimum atomic E-state index is -2.41. The molecule has 0 saturated carbocycles. The summed E-state index contributed by atoms with van der Waals surface area (Å²) in [5.41, 5.74) is 4.09. The Hall–Kier alpha value is -2.45. The molecule has 0 unspecified atom stereocenters. The number of carbonyl (C=O) groups excluding carboxylic acids is 3. The highest BCUT2D eigenvalue weighted by molar-refractivity contribution is 6.01. The molecule has 14 atom stereocenters. The third kappa shape index (κ3) is 9.53. The van der Waals surface area contributed by atoms with Crippen LogP contribution in [0.15, 0.2) is 11.6 Å². The molecule has 13 N–H and O–H groups in total. The molecule has 2 heterocycles. The van der Waals surface area contributed by atoms with Crippen molar-refractivity contribution in [1.82, 2.24) is 0 Å². The Morgan fingerprint density at radius 1 is 0.773 bits per heavy atom. The SMILES string of the molecule is C/C(=C\C(=O)[C@H](O)[C@@H](O)[C@H](O)[C@H](O)CO[C@H]1O[C@H](CO[C@H]2O[C@H](CO)[C@@H](O)[C@H](O)[C@H]2O)[C@@H](O)[C@H](O)[C@H]1O)C(=O)OOC(N)=O. The normalized spacial score (nSPS) is 35.7. The lowest BCUT2D eigenvalue weighted by atomic mass is 9.98. The summed E-state index contributed by atoms with van der Waals surface area (Å²) in [7, 11) is 0. The van der Waals surface area contributed by atoms with Gasteiger partial charge in [0.25, 0.3) is 0 Å².